The van der Waals surface area contributed by atoms with Crippen LogP contribution in [0.2, 0.25) is 0 Å². The van der Waals surface area contributed by atoms with Crippen molar-refractivity contribution in [2.75, 3.05) is 14.2 Å². The van der Waals surface area contributed by atoms with Crippen LogP contribution in [-0.2, 0) is 20.6 Å². The molecule has 30 heavy (non-hydrogen) atoms. The molecule has 3 aromatic heterocycles. The van der Waals surface area contributed by atoms with E-state index in [9.17, 15) is 9.59 Å². The van der Waals surface area contributed by atoms with Crippen molar-refractivity contribution >= 4 is 10.9 Å². The van der Waals surface area contributed by atoms with Crippen LogP contribution in [0.5, 0.6) is 11.5 Å². The Bertz CT molecular complexity index is 1350. The second-order valence-electron chi connectivity index (χ2n) is 6.96. The molecular weight excluding hydrogens is 384 g/mol. The lowest BCUT2D eigenvalue weighted by atomic mass is 10.1. The van der Waals surface area contributed by atoms with Gasteiger partial charge in [0.2, 0.25) is 0 Å². The molecule has 0 bridgehead atoms. The number of aryl methyl sites for hydroxylation is 1. The lowest BCUT2D eigenvalue weighted by Crippen LogP contribution is -2.36. The number of aromatic nitrogens is 4. The fraction of sp³-hybridized carbons (Fsp3) is 0.227. The molecule has 0 unspecified atom stereocenters. The van der Waals surface area contributed by atoms with Crippen LogP contribution in [0.4, 0.5) is 0 Å². The highest BCUT2D eigenvalue weighted by Gasteiger charge is 2.20. The number of hydrogen-bond donors (Lipinski definition) is 0. The van der Waals surface area contributed by atoms with E-state index in [1.54, 1.807) is 33.5 Å². The van der Waals surface area contributed by atoms with Gasteiger partial charge in [-0.1, -0.05) is 6.07 Å². The van der Waals surface area contributed by atoms with Gasteiger partial charge in [-0.15, -0.1) is 0 Å². The lowest BCUT2D eigenvalue weighted by molar-refractivity contribution is 0.355. The Hall–Kier alpha value is -3.81. The average molecular weight is 406 g/mol. The Morgan fingerprint density at radius 2 is 1.73 bits per heavy atom. The highest BCUT2D eigenvalue weighted by molar-refractivity contribution is 5.94. The number of fused-ring (bicyclic) bond motifs is 1. The molecule has 4 aromatic rings. The number of ether oxygens (including phenoxy) is 2. The number of methoxy groups -OCH3 is 2. The van der Waals surface area contributed by atoms with Gasteiger partial charge in [0.15, 0.2) is 11.5 Å². The maximum absolute atomic E-state index is 13.1. The summed E-state index contributed by atoms with van der Waals surface area (Å²) in [7, 11) is 6.28. The summed E-state index contributed by atoms with van der Waals surface area (Å²) < 4.78 is 15.3. The minimum absolute atomic E-state index is 0.349. The van der Waals surface area contributed by atoms with Gasteiger partial charge >= 0.3 is 5.69 Å². The number of rotatable bonds is 5. The summed E-state index contributed by atoms with van der Waals surface area (Å²) in [5.74, 6) is 1.14. The molecule has 0 saturated heterocycles. The van der Waals surface area contributed by atoms with Crippen molar-refractivity contribution in [1.82, 2.24) is 18.7 Å². The molecule has 0 aliphatic heterocycles. The first-order chi connectivity index (χ1) is 14.5. The summed E-state index contributed by atoms with van der Waals surface area (Å²) in [5.41, 5.74) is 2.13. The minimum atomic E-state index is -0.374. The Morgan fingerprint density at radius 1 is 0.967 bits per heavy atom. The van der Waals surface area contributed by atoms with E-state index in [1.165, 1.54) is 11.6 Å². The first-order valence-corrected chi connectivity index (χ1v) is 9.37. The standard InChI is InChI=1S/C22H22N4O4/c1-24-16-13-26(12-15-7-5-6-10-23-15)20(19(16)21(27)25(2)22(24)28)14-8-9-17(29-3)18(11-14)30-4/h5-11,13H,12H2,1-4H3. The highest BCUT2D eigenvalue weighted by atomic mass is 16.5. The molecular formula is C22H22N4O4. The third-order valence-electron chi connectivity index (χ3n) is 5.23. The number of nitrogens with zero attached hydrogens (tertiary/aromatic N) is 4. The molecule has 0 amide bonds. The van der Waals surface area contributed by atoms with Crippen molar-refractivity contribution in [3.8, 4) is 22.8 Å². The minimum Gasteiger partial charge on any atom is -0.493 e. The van der Waals surface area contributed by atoms with Gasteiger partial charge < -0.3 is 14.0 Å². The second kappa shape index (κ2) is 7.55. The van der Waals surface area contributed by atoms with E-state index in [2.05, 4.69) is 4.98 Å². The number of hydrogen-bond acceptors (Lipinski definition) is 5. The van der Waals surface area contributed by atoms with Gasteiger partial charge in [-0.3, -0.25) is 18.9 Å². The summed E-state index contributed by atoms with van der Waals surface area (Å²) in [6, 6.07) is 11.2. The highest BCUT2D eigenvalue weighted by Crippen LogP contribution is 2.35. The zero-order valence-electron chi connectivity index (χ0n) is 17.2. The normalized spacial score (nSPS) is 11.1. The molecule has 0 aliphatic carbocycles. The zero-order chi connectivity index (χ0) is 21.4. The molecule has 0 radical (unpaired) electrons. The van der Waals surface area contributed by atoms with Crippen molar-refractivity contribution in [2.24, 2.45) is 14.1 Å². The summed E-state index contributed by atoms with van der Waals surface area (Å²) in [5, 5.41) is 0.461. The number of pyridine rings is 1. The van der Waals surface area contributed by atoms with Gasteiger partial charge in [0.05, 0.1) is 43.1 Å². The SMILES string of the molecule is COc1ccc(-c2c3c(=O)n(C)c(=O)n(C)c3cn2Cc2ccccn2)cc1OC. The summed E-state index contributed by atoms with van der Waals surface area (Å²) in [4.78, 5) is 30.0. The largest absolute Gasteiger partial charge is 0.493 e. The van der Waals surface area contributed by atoms with Gasteiger partial charge in [-0.2, -0.15) is 0 Å². The van der Waals surface area contributed by atoms with E-state index in [0.717, 1.165) is 15.8 Å². The van der Waals surface area contributed by atoms with Crippen molar-refractivity contribution in [1.29, 1.82) is 0 Å². The second-order valence-corrected chi connectivity index (χ2v) is 6.96. The van der Waals surface area contributed by atoms with Crippen LogP contribution in [0, 0.1) is 0 Å². The van der Waals surface area contributed by atoms with Crippen LogP contribution in [-0.4, -0.2) is 32.9 Å². The van der Waals surface area contributed by atoms with E-state index in [0.29, 0.717) is 34.6 Å². The molecule has 0 saturated carbocycles. The zero-order valence-corrected chi connectivity index (χ0v) is 17.2. The maximum atomic E-state index is 13.1. The molecule has 1 aromatic carbocycles. The average Bonchev–Trinajstić information content (AvgIpc) is 3.15. The van der Waals surface area contributed by atoms with Gasteiger partial charge in [0.1, 0.15) is 0 Å². The molecule has 154 valence electrons. The van der Waals surface area contributed by atoms with Crippen LogP contribution in [0.3, 0.4) is 0 Å². The Labute approximate surface area is 172 Å². The molecule has 0 spiro atoms. The van der Waals surface area contributed by atoms with E-state index in [-0.39, 0.29) is 11.2 Å². The molecule has 0 fully saturated rings. The van der Waals surface area contributed by atoms with Crippen LogP contribution in [0.25, 0.3) is 22.2 Å². The van der Waals surface area contributed by atoms with Crippen molar-refractivity contribution < 1.29 is 9.47 Å². The summed E-state index contributed by atoms with van der Waals surface area (Å²) >= 11 is 0. The summed E-state index contributed by atoms with van der Waals surface area (Å²) in [6.45, 7) is 0.441. The first kappa shape index (κ1) is 19.5. The quantitative estimate of drug-likeness (QED) is 0.507. The monoisotopic (exact) mass is 406 g/mol. The first-order valence-electron chi connectivity index (χ1n) is 9.37. The van der Waals surface area contributed by atoms with Gasteiger partial charge in [0, 0.05) is 32.1 Å². The van der Waals surface area contributed by atoms with Crippen molar-refractivity contribution in [2.45, 2.75) is 6.54 Å². The Balaban J connectivity index is 2.06. The Morgan fingerprint density at radius 3 is 2.40 bits per heavy atom. The van der Waals surface area contributed by atoms with Gasteiger partial charge in [0.25, 0.3) is 5.56 Å². The topological polar surface area (TPSA) is 80.3 Å². The molecule has 8 heteroatoms. The fourth-order valence-electron chi connectivity index (χ4n) is 3.67. The molecule has 0 atom stereocenters. The van der Waals surface area contributed by atoms with Gasteiger partial charge in [-0.25, -0.2) is 4.79 Å². The fourth-order valence-corrected chi connectivity index (χ4v) is 3.67. The Kier molecular flexibility index (Phi) is 4.91. The van der Waals surface area contributed by atoms with Crippen LogP contribution >= 0.6 is 0 Å². The number of benzene rings is 1. The smallest absolute Gasteiger partial charge is 0.330 e. The lowest BCUT2D eigenvalue weighted by Gasteiger charge is -2.13. The third-order valence-corrected chi connectivity index (χ3v) is 5.23. The van der Waals surface area contributed by atoms with E-state index >= 15 is 0 Å². The van der Waals surface area contributed by atoms with Gasteiger partial charge in [-0.05, 0) is 30.3 Å². The van der Waals surface area contributed by atoms with E-state index in [4.69, 9.17) is 9.47 Å². The predicted molar refractivity (Wildman–Crippen MR) is 114 cm³/mol. The molecule has 3 heterocycles. The van der Waals surface area contributed by atoms with Crippen molar-refractivity contribution in [3.05, 3.63) is 75.3 Å². The molecule has 8 nitrogen and oxygen atoms in total. The van der Waals surface area contributed by atoms with Crippen LogP contribution in [0.15, 0.2) is 58.4 Å². The third kappa shape index (κ3) is 3.06. The van der Waals surface area contributed by atoms with Crippen LogP contribution in [0.1, 0.15) is 5.69 Å². The summed E-state index contributed by atoms with van der Waals surface area (Å²) in [6.07, 6.45) is 3.54. The van der Waals surface area contributed by atoms with Crippen molar-refractivity contribution in [3.63, 3.8) is 0 Å². The van der Waals surface area contributed by atoms with E-state index < -0.39 is 0 Å². The van der Waals surface area contributed by atoms with Crippen LogP contribution < -0.4 is 20.7 Å². The maximum Gasteiger partial charge on any atom is 0.330 e. The molecule has 0 aliphatic rings. The van der Waals surface area contributed by atoms with E-state index in [1.807, 2.05) is 41.1 Å². The molecule has 0 N–H and O–H groups in total. The molecule has 4 rings (SSSR count). The predicted octanol–water partition coefficient (Wildman–Crippen LogP) is 2.17.